The number of likely N-dealkylation sites (tertiary alicyclic amines) is 1. The lowest BCUT2D eigenvalue weighted by atomic mass is 9.80. The molecule has 1 heterocycles. The van der Waals surface area contributed by atoms with Crippen LogP contribution in [0.3, 0.4) is 0 Å². The van der Waals surface area contributed by atoms with Gasteiger partial charge in [-0.25, -0.2) is 0 Å². The predicted molar refractivity (Wildman–Crippen MR) is 89.9 cm³/mol. The Morgan fingerprint density at radius 2 is 2.17 bits per heavy atom. The second-order valence-corrected chi connectivity index (χ2v) is 7.08. The van der Waals surface area contributed by atoms with E-state index in [-0.39, 0.29) is 25.0 Å². The number of aryl methyl sites for hydroxylation is 1. The van der Waals surface area contributed by atoms with E-state index in [4.69, 9.17) is 4.74 Å². The molecule has 5 heteroatoms. The van der Waals surface area contributed by atoms with Crippen molar-refractivity contribution < 1.29 is 19.4 Å². The first-order chi connectivity index (χ1) is 11.6. The van der Waals surface area contributed by atoms with Crippen LogP contribution < -0.4 is 0 Å². The maximum atomic E-state index is 12.8. The number of rotatable bonds is 5. The van der Waals surface area contributed by atoms with Gasteiger partial charge >= 0.3 is 5.97 Å². The number of amides is 1. The monoisotopic (exact) mass is 331 g/mol. The summed E-state index contributed by atoms with van der Waals surface area (Å²) < 4.78 is 5.14. The van der Waals surface area contributed by atoms with E-state index < -0.39 is 11.4 Å². The minimum atomic E-state index is -0.962. The number of ether oxygens (including phenoxy) is 1. The summed E-state index contributed by atoms with van der Waals surface area (Å²) in [5, 5.41) is 9.62. The largest absolute Gasteiger partial charge is 0.481 e. The highest BCUT2D eigenvalue weighted by Crippen LogP contribution is 2.37. The number of carboxylic acids is 1. The molecule has 1 saturated heterocycles. The normalized spacial score (nSPS) is 26.2. The summed E-state index contributed by atoms with van der Waals surface area (Å²) in [6, 6.07) is 8.31. The molecule has 0 aromatic heterocycles. The van der Waals surface area contributed by atoms with Crippen LogP contribution in [-0.4, -0.2) is 48.7 Å². The van der Waals surface area contributed by atoms with Crippen molar-refractivity contribution in [2.24, 2.45) is 5.41 Å². The van der Waals surface area contributed by atoms with Gasteiger partial charge < -0.3 is 14.7 Å². The minimum absolute atomic E-state index is 0.0677. The summed E-state index contributed by atoms with van der Waals surface area (Å²) in [4.78, 5) is 26.2. The van der Waals surface area contributed by atoms with E-state index in [2.05, 4.69) is 12.1 Å². The lowest BCUT2D eigenvalue weighted by Gasteiger charge is -2.39. The molecular formula is C19H25NO4. The molecule has 2 atom stereocenters. The molecule has 1 aromatic carbocycles. The number of carbonyl (C=O) groups is 2. The van der Waals surface area contributed by atoms with Gasteiger partial charge in [-0.05, 0) is 42.7 Å². The molecule has 0 saturated carbocycles. The molecule has 1 N–H and O–H groups in total. The summed E-state index contributed by atoms with van der Waals surface area (Å²) in [5.74, 6) is -0.538. The highest BCUT2D eigenvalue weighted by Gasteiger charge is 2.44. The molecular weight excluding hydrogens is 306 g/mol. The van der Waals surface area contributed by atoms with Gasteiger partial charge in [-0.3, -0.25) is 9.59 Å². The van der Waals surface area contributed by atoms with Crippen molar-refractivity contribution in [3.05, 3.63) is 35.4 Å². The van der Waals surface area contributed by atoms with Gasteiger partial charge in [0, 0.05) is 26.6 Å². The first kappa shape index (κ1) is 17.0. The average molecular weight is 331 g/mol. The molecule has 0 radical (unpaired) electrons. The summed E-state index contributed by atoms with van der Waals surface area (Å²) >= 11 is 0. The first-order valence-corrected chi connectivity index (χ1v) is 8.64. The number of aliphatic carboxylic acids is 1. The fraction of sp³-hybridized carbons (Fsp3) is 0.579. The maximum Gasteiger partial charge on any atom is 0.313 e. The van der Waals surface area contributed by atoms with Crippen LogP contribution in [0.15, 0.2) is 24.3 Å². The van der Waals surface area contributed by atoms with Gasteiger partial charge in [0.2, 0.25) is 5.91 Å². The number of methoxy groups -OCH3 is 1. The number of hydrogen-bond donors (Lipinski definition) is 1. The van der Waals surface area contributed by atoms with E-state index >= 15 is 0 Å². The summed E-state index contributed by atoms with van der Waals surface area (Å²) in [7, 11) is 1.51. The Hall–Kier alpha value is -1.88. The third-order valence-electron chi connectivity index (χ3n) is 5.48. The summed E-state index contributed by atoms with van der Waals surface area (Å²) in [6.07, 6.45) is 3.77. The van der Waals surface area contributed by atoms with Crippen molar-refractivity contribution in [2.75, 3.05) is 26.8 Å². The highest BCUT2D eigenvalue weighted by molar-refractivity contribution is 5.80. The fourth-order valence-corrected chi connectivity index (χ4v) is 4.17. The smallest absolute Gasteiger partial charge is 0.313 e. The predicted octanol–water partition coefficient (Wildman–Crippen LogP) is 2.45. The van der Waals surface area contributed by atoms with Gasteiger partial charge in [0.1, 0.15) is 5.41 Å². The first-order valence-electron chi connectivity index (χ1n) is 8.64. The number of nitrogens with zero attached hydrogens (tertiary/aromatic N) is 1. The van der Waals surface area contributed by atoms with E-state index in [0.29, 0.717) is 25.8 Å². The Morgan fingerprint density at radius 1 is 1.38 bits per heavy atom. The third kappa shape index (κ3) is 3.18. The molecule has 0 bridgehead atoms. The van der Waals surface area contributed by atoms with Crippen molar-refractivity contribution in [1.82, 2.24) is 4.90 Å². The van der Waals surface area contributed by atoms with Crippen LogP contribution in [0.4, 0.5) is 0 Å². The molecule has 1 aliphatic heterocycles. The Labute approximate surface area is 142 Å². The van der Waals surface area contributed by atoms with E-state index in [9.17, 15) is 14.7 Å². The Kier molecular flexibility index (Phi) is 4.90. The number of piperidine rings is 1. The second kappa shape index (κ2) is 6.93. The standard InChI is InChI=1S/C19H25NO4/c1-24-13-19(18(22)23)9-4-10-20(12-19)17(21)11-15-8-7-14-5-2-3-6-16(14)15/h2-3,5-6,15H,4,7-13H2,1H3,(H,22,23). The molecule has 130 valence electrons. The van der Waals surface area contributed by atoms with Gasteiger partial charge in [-0.2, -0.15) is 0 Å². The number of fused-ring (bicyclic) bond motifs is 1. The third-order valence-corrected chi connectivity index (χ3v) is 5.48. The lowest BCUT2D eigenvalue weighted by molar-refractivity contribution is -0.159. The fourth-order valence-electron chi connectivity index (χ4n) is 4.17. The molecule has 3 rings (SSSR count). The van der Waals surface area contributed by atoms with E-state index in [1.807, 2.05) is 12.1 Å². The number of carboxylic acid groups (broad SMARTS) is 1. The molecule has 24 heavy (non-hydrogen) atoms. The van der Waals surface area contributed by atoms with Gasteiger partial charge in [-0.15, -0.1) is 0 Å². The Morgan fingerprint density at radius 3 is 2.92 bits per heavy atom. The molecule has 1 amide bonds. The van der Waals surface area contributed by atoms with Gasteiger partial charge in [0.05, 0.1) is 6.61 Å². The highest BCUT2D eigenvalue weighted by atomic mass is 16.5. The topological polar surface area (TPSA) is 66.8 Å². The lowest BCUT2D eigenvalue weighted by Crippen LogP contribution is -2.52. The van der Waals surface area contributed by atoms with Crippen molar-refractivity contribution in [2.45, 2.75) is 38.0 Å². The van der Waals surface area contributed by atoms with Crippen LogP contribution in [-0.2, 0) is 20.7 Å². The quantitative estimate of drug-likeness (QED) is 0.900. The molecule has 1 fully saturated rings. The minimum Gasteiger partial charge on any atom is -0.481 e. The zero-order valence-corrected chi connectivity index (χ0v) is 14.2. The van der Waals surface area contributed by atoms with Crippen molar-refractivity contribution in [1.29, 1.82) is 0 Å². The van der Waals surface area contributed by atoms with Crippen molar-refractivity contribution >= 4 is 11.9 Å². The number of hydrogen-bond acceptors (Lipinski definition) is 3. The number of carbonyl (C=O) groups excluding carboxylic acids is 1. The van der Waals surface area contributed by atoms with Gasteiger partial charge in [-0.1, -0.05) is 24.3 Å². The molecule has 2 unspecified atom stereocenters. The zero-order chi connectivity index (χ0) is 17.2. The SMILES string of the molecule is COCC1(C(=O)O)CCCN(C(=O)CC2CCc3ccccc32)C1. The van der Waals surface area contributed by atoms with Crippen molar-refractivity contribution in [3.8, 4) is 0 Å². The second-order valence-electron chi connectivity index (χ2n) is 7.08. The molecule has 2 aliphatic rings. The van der Waals surface area contributed by atoms with E-state index in [1.165, 1.54) is 18.2 Å². The maximum absolute atomic E-state index is 12.8. The van der Waals surface area contributed by atoms with Crippen LogP contribution in [0.2, 0.25) is 0 Å². The Bertz CT molecular complexity index is 626. The van der Waals surface area contributed by atoms with E-state index in [1.54, 1.807) is 4.90 Å². The van der Waals surface area contributed by atoms with Gasteiger partial charge in [0.25, 0.3) is 0 Å². The van der Waals surface area contributed by atoms with Crippen LogP contribution in [0.1, 0.15) is 42.7 Å². The van der Waals surface area contributed by atoms with Crippen LogP contribution in [0.25, 0.3) is 0 Å². The zero-order valence-electron chi connectivity index (χ0n) is 14.2. The summed E-state index contributed by atoms with van der Waals surface area (Å²) in [6.45, 7) is 1.05. The average Bonchev–Trinajstić information content (AvgIpc) is 2.98. The van der Waals surface area contributed by atoms with Gasteiger partial charge in [0.15, 0.2) is 0 Å². The van der Waals surface area contributed by atoms with Crippen LogP contribution in [0, 0.1) is 5.41 Å². The Balaban J connectivity index is 1.68. The molecule has 1 aliphatic carbocycles. The molecule has 0 spiro atoms. The van der Waals surface area contributed by atoms with Crippen molar-refractivity contribution in [3.63, 3.8) is 0 Å². The van der Waals surface area contributed by atoms with E-state index in [0.717, 1.165) is 12.8 Å². The number of benzene rings is 1. The molecule has 5 nitrogen and oxygen atoms in total. The van der Waals surface area contributed by atoms with Crippen LogP contribution >= 0.6 is 0 Å². The molecule has 1 aromatic rings. The van der Waals surface area contributed by atoms with Crippen LogP contribution in [0.5, 0.6) is 0 Å². The summed E-state index contributed by atoms with van der Waals surface area (Å²) in [5.41, 5.74) is 1.66.